The third-order valence-electron chi connectivity index (χ3n) is 6.97. The largest absolute Gasteiger partial charge is 0.417 e. The van der Waals surface area contributed by atoms with E-state index in [9.17, 15) is 18.0 Å². The quantitative estimate of drug-likeness (QED) is 0.224. The molecule has 1 aliphatic carbocycles. The van der Waals surface area contributed by atoms with Gasteiger partial charge >= 0.3 is 12.2 Å². The van der Waals surface area contributed by atoms with Crippen LogP contribution in [0.3, 0.4) is 0 Å². The number of para-hydroxylation sites is 1. The van der Waals surface area contributed by atoms with Crippen molar-refractivity contribution >= 4 is 29.3 Å². The van der Waals surface area contributed by atoms with Gasteiger partial charge < -0.3 is 20.4 Å². The van der Waals surface area contributed by atoms with Crippen LogP contribution < -0.4 is 16.0 Å². The molecule has 5 aromatic rings. The Kier molecular flexibility index (Phi) is 6.72. The molecule has 11 nitrogen and oxygen atoms in total. The lowest BCUT2D eigenvalue weighted by molar-refractivity contribution is -0.137. The molecule has 0 bridgehead atoms. The number of benzodiazepines with no additional fused rings is 1. The summed E-state index contributed by atoms with van der Waals surface area (Å²) >= 11 is 0. The molecule has 1 amide bonds. The summed E-state index contributed by atoms with van der Waals surface area (Å²) in [6.07, 6.45) is -0.307. The van der Waals surface area contributed by atoms with E-state index in [1.54, 1.807) is 12.1 Å². The van der Waals surface area contributed by atoms with Gasteiger partial charge in [0.25, 0.3) is 11.8 Å². The highest BCUT2D eigenvalue weighted by Gasteiger charge is 2.33. The molecule has 0 saturated heterocycles. The average molecular weight is 598 g/mol. The van der Waals surface area contributed by atoms with E-state index in [2.05, 4.69) is 46.1 Å². The van der Waals surface area contributed by atoms with E-state index in [1.807, 2.05) is 42.5 Å². The molecule has 44 heavy (non-hydrogen) atoms. The van der Waals surface area contributed by atoms with E-state index in [0.29, 0.717) is 29.6 Å². The van der Waals surface area contributed by atoms with Gasteiger partial charge in [0.1, 0.15) is 5.69 Å². The minimum absolute atomic E-state index is 0.0174. The van der Waals surface area contributed by atoms with E-state index in [-0.39, 0.29) is 28.7 Å². The number of nitrogens with one attached hydrogen (secondary N) is 3. The zero-order valence-corrected chi connectivity index (χ0v) is 22.7. The summed E-state index contributed by atoms with van der Waals surface area (Å²) in [6.45, 7) is 0. The van der Waals surface area contributed by atoms with Gasteiger partial charge in [0.15, 0.2) is 0 Å². The fourth-order valence-electron chi connectivity index (χ4n) is 4.64. The SMILES string of the molecule is O=C1Nc2ccccc2C(c2ccccc2)=NC1Nc1nnc(-c2ncc(C(F)(F)F)cc2-c2cnc(NC3CC3)nc2)o1. The Labute approximate surface area is 247 Å². The first kappa shape index (κ1) is 27.2. The van der Waals surface area contributed by atoms with Crippen LogP contribution in [0.15, 0.2) is 88.7 Å². The Bertz CT molecular complexity index is 1870. The number of nitrogens with zero attached hydrogens (tertiary/aromatic N) is 6. The van der Waals surface area contributed by atoms with Crippen LogP contribution in [0.1, 0.15) is 29.5 Å². The van der Waals surface area contributed by atoms with Crippen LogP contribution in [0.2, 0.25) is 0 Å². The molecule has 1 unspecified atom stereocenters. The van der Waals surface area contributed by atoms with Crippen molar-refractivity contribution in [1.29, 1.82) is 0 Å². The highest BCUT2D eigenvalue weighted by atomic mass is 19.4. The zero-order valence-electron chi connectivity index (χ0n) is 22.7. The van der Waals surface area contributed by atoms with Crippen molar-refractivity contribution in [2.24, 2.45) is 4.99 Å². The van der Waals surface area contributed by atoms with Gasteiger partial charge in [-0.05, 0) is 25.0 Å². The summed E-state index contributed by atoms with van der Waals surface area (Å²) in [5.41, 5.74) is 1.97. The molecule has 4 heterocycles. The lowest BCUT2D eigenvalue weighted by Gasteiger charge is -2.12. The first-order chi connectivity index (χ1) is 21.3. The van der Waals surface area contributed by atoms with Gasteiger partial charge in [0.05, 0.1) is 17.0 Å². The molecular weight excluding hydrogens is 575 g/mol. The van der Waals surface area contributed by atoms with E-state index < -0.39 is 23.8 Å². The third kappa shape index (κ3) is 5.56. The van der Waals surface area contributed by atoms with Crippen LogP contribution in [0.5, 0.6) is 0 Å². The van der Waals surface area contributed by atoms with Crippen molar-refractivity contribution in [1.82, 2.24) is 25.1 Å². The zero-order chi connectivity index (χ0) is 30.3. The topological polar surface area (TPSA) is 143 Å². The number of pyridine rings is 1. The van der Waals surface area contributed by atoms with Gasteiger partial charge in [-0.15, -0.1) is 5.10 Å². The number of hydrogen-bond donors (Lipinski definition) is 3. The van der Waals surface area contributed by atoms with E-state index >= 15 is 0 Å². The summed E-state index contributed by atoms with van der Waals surface area (Å²) in [7, 11) is 0. The summed E-state index contributed by atoms with van der Waals surface area (Å²) < 4.78 is 46.7. The van der Waals surface area contributed by atoms with Gasteiger partial charge in [-0.1, -0.05) is 53.6 Å². The summed E-state index contributed by atoms with van der Waals surface area (Å²) in [5.74, 6) is -0.282. The van der Waals surface area contributed by atoms with E-state index in [4.69, 9.17) is 4.42 Å². The molecule has 3 N–H and O–H groups in total. The third-order valence-corrected chi connectivity index (χ3v) is 6.97. The molecule has 1 saturated carbocycles. The van der Waals surface area contributed by atoms with Crippen molar-refractivity contribution in [3.63, 3.8) is 0 Å². The van der Waals surface area contributed by atoms with Gasteiger partial charge in [0, 0.05) is 46.9 Å². The summed E-state index contributed by atoms with van der Waals surface area (Å²) in [6, 6.07) is 17.7. The Hall–Kier alpha value is -5.66. The molecule has 0 spiro atoms. The minimum Gasteiger partial charge on any atom is -0.402 e. The maximum Gasteiger partial charge on any atom is 0.417 e. The Morgan fingerprint density at radius 3 is 2.34 bits per heavy atom. The number of halogens is 3. The molecular formula is C30H22F3N9O2. The molecule has 2 aromatic carbocycles. The number of carbonyl (C=O) groups is 1. The standard InChI is InChI=1S/C30H22F3N9O2/c31-30(32,33)18-12-21(17-13-35-28(36-14-17)37-19-10-11-19)24(34-15-18)27-41-42-29(44-27)40-25-26(43)38-22-9-5-4-8-20(22)23(39-25)16-6-2-1-3-7-16/h1-9,12-15,19,25H,10-11H2,(H,38,43)(H,40,42)(H,35,36,37). The number of anilines is 3. The molecule has 14 heteroatoms. The molecule has 220 valence electrons. The second-order valence-corrected chi connectivity index (χ2v) is 10.2. The van der Waals surface area contributed by atoms with Crippen LogP contribution in [0.25, 0.3) is 22.7 Å². The second kappa shape index (κ2) is 10.9. The van der Waals surface area contributed by atoms with Crippen molar-refractivity contribution in [2.45, 2.75) is 31.2 Å². The van der Waals surface area contributed by atoms with Crippen molar-refractivity contribution in [3.8, 4) is 22.7 Å². The molecule has 1 aliphatic heterocycles. The number of carbonyl (C=O) groups excluding carboxylic acids is 1. The number of aliphatic imine (C=N–C) groups is 1. The summed E-state index contributed by atoms with van der Waals surface area (Å²) in [5, 5.41) is 16.8. The lowest BCUT2D eigenvalue weighted by Crippen LogP contribution is -2.32. The van der Waals surface area contributed by atoms with Crippen LogP contribution in [-0.4, -0.2) is 49.0 Å². The van der Waals surface area contributed by atoms with Gasteiger partial charge in [-0.3, -0.25) is 4.79 Å². The lowest BCUT2D eigenvalue weighted by atomic mass is 10.0. The maximum atomic E-state index is 13.6. The monoisotopic (exact) mass is 597 g/mol. The number of hydrogen-bond acceptors (Lipinski definition) is 10. The van der Waals surface area contributed by atoms with Crippen LogP contribution in [0, 0.1) is 0 Å². The number of alkyl halides is 3. The highest BCUT2D eigenvalue weighted by molar-refractivity contribution is 6.19. The fraction of sp³-hybridized carbons (Fsp3) is 0.167. The Morgan fingerprint density at radius 2 is 1.59 bits per heavy atom. The summed E-state index contributed by atoms with van der Waals surface area (Å²) in [4.78, 5) is 30.4. The number of rotatable bonds is 7. The second-order valence-electron chi connectivity index (χ2n) is 10.2. The number of benzene rings is 2. The molecule has 1 atom stereocenters. The predicted molar refractivity (Wildman–Crippen MR) is 155 cm³/mol. The fourth-order valence-corrected chi connectivity index (χ4v) is 4.64. The van der Waals surface area contributed by atoms with Crippen LogP contribution >= 0.6 is 0 Å². The molecule has 3 aromatic heterocycles. The van der Waals surface area contributed by atoms with Crippen LogP contribution in [-0.2, 0) is 11.0 Å². The first-order valence-corrected chi connectivity index (χ1v) is 13.6. The van der Waals surface area contributed by atoms with Gasteiger partial charge in [0.2, 0.25) is 12.1 Å². The molecule has 1 fully saturated rings. The number of fused-ring (bicyclic) bond motifs is 1. The molecule has 2 aliphatic rings. The first-order valence-electron chi connectivity index (χ1n) is 13.6. The van der Waals surface area contributed by atoms with Crippen molar-refractivity contribution in [3.05, 3.63) is 95.9 Å². The maximum absolute atomic E-state index is 13.6. The predicted octanol–water partition coefficient (Wildman–Crippen LogP) is 5.41. The van der Waals surface area contributed by atoms with Crippen molar-refractivity contribution in [2.75, 3.05) is 16.0 Å². The highest BCUT2D eigenvalue weighted by Crippen LogP contribution is 2.36. The number of amides is 1. The van der Waals surface area contributed by atoms with E-state index in [1.165, 1.54) is 12.4 Å². The van der Waals surface area contributed by atoms with E-state index in [0.717, 1.165) is 30.0 Å². The normalized spacial score (nSPS) is 16.4. The Morgan fingerprint density at radius 1 is 0.841 bits per heavy atom. The van der Waals surface area contributed by atoms with Gasteiger partial charge in [-0.25, -0.2) is 19.9 Å². The van der Waals surface area contributed by atoms with Gasteiger partial charge in [-0.2, -0.15) is 13.2 Å². The average Bonchev–Trinajstić information content (AvgIpc) is 3.75. The van der Waals surface area contributed by atoms with Crippen molar-refractivity contribution < 1.29 is 22.4 Å². The van der Waals surface area contributed by atoms with Crippen LogP contribution in [0.4, 0.5) is 30.8 Å². The Balaban J connectivity index is 1.22. The number of aromatic nitrogens is 5. The molecule has 0 radical (unpaired) electrons. The smallest absolute Gasteiger partial charge is 0.402 e. The molecule has 7 rings (SSSR count). The minimum atomic E-state index is -4.64.